The fraction of sp³-hybridized carbons (Fsp3) is 0.357. The Balaban J connectivity index is 2.15. The molecule has 1 aromatic carbocycles. The lowest BCUT2D eigenvalue weighted by molar-refractivity contribution is 0.546. The lowest BCUT2D eigenvalue weighted by Gasteiger charge is -2.11. The zero-order valence-electron chi connectivity index (χ0n) is 11.0. The highest BCUT2D eigenvalue weighted by atomic mass is 35.5. The second-order valence-electron chi connectivity index (χ2n) is 4.75. The minimum Gasteiger partial charge on any atom is -0.309 e. The van der Waals surface area contributed by atoms with Crippen molar-refractivity contribution in [3.05, 3.63) is 52.6 Å². The first-order valence-corrected chi connectivity index (χ1v) is 6.62. The first-order chi connectivity index (χ1) is 9.06. The van der Waals surface area contributed by atoms with E-state index in [1.165, 1.54) is 12.1 Å². The van der Waals surface area contributed by atoms with Crippen LogP contribution < -0.4 is 5.32 Å². The predicted molar refractivity (Wildman–Crippen MR) is 74.7 cm³/mol. The number of nitrogens with zero attached hydrogens (tertiary/aromatic N) is 2. The van der Waals surface area contributed by atoms with Gasteiger partial charge in [-0.2, -0.15) is 5.10 Å². The molecule has 0 fully saturated rings. The van der Waals surface area contributed by atoms with E-state index in [9.17, 15) is 4.39 Å². The Morgan fingerprint density at radius 1 is 1.37 bits per heavy atom. The normalized spacial score (nSPS) is 11.2. The lowest BCUT2D eigenvalue weighted by Crippen LogP contribution is -2.23. The van der Waals surface area contributed by atoms with E-state index in [0.29, 0.717) is 17.6 Å². The van der Waals surface area contributed by atoms with Gasteiger partial charge in [-0.3, -0.25) is 4.68 Å². The second-order valence-corrected chi connectivity index (χ2v) is 5.16. The van der Waals surface area contributed by atoms with Gasteiger partial charge >= 0.3 is 0 Å². The predicted octanol–water partition coefficient (Wildman–Crippen LogP) is 3.22. The van der Waals surface area contributed by atoms with Gasteiger partial charge in [0.1, 0.15) is 5.82 Å². The molecule has 0 saturated heterocycles. The summed E-state index contributed by atoms with van der Waals surface area (Å²) in [4.78, 5) is 0. The van der Waals surface area contributed by atoms with Crippen LogP contribution in [0.1, 0.15) is 25.1 Å². The maximum Gasteiger partial charge on any atom is 0.123 e. The molecule has 3 nitrogen and oxygen atoms in total. The number of hydrogen-bond acceptors (Lipinski definition) is 2. The van der Waals surface area contributed by atoms with E-state index in [1.54, 1.807) is 12.3 Å². The Hall–Kier alpha value is -1.39. The van der Waals surface area contributed by atoms with Gasteiger partial charge in [0.2, 0.25) is 0 Å². The molecule has 0 bridgehead atoms. The molecule has 0 aliphatic heterocycles. The molecule has 1 aromatic heterocycles. The summed E-state index contributed by atoms with van der Waals surface area (Å²) < 4.78 is 15.1. The summed E-state index contributed by atoms with van der Waals surface area (Å²) in [5, 5.41) is 8.14. The Morgan fingerprint density at radius 2 is 2.16 bits per heavy atom. The number of nitrogens with one attached hydrogen (secondary N) is 1. The molecule has 0 saturated carbocycles. The molecular weight excluding hydrogens is 265 g/mol. The Morgan fingerprint density at radius 3 is 2.89 bits per heavy atom. The first kappa shape index (κ1) is 14.0. The molecule has 102 valence electrons. The molecule has 2 rings (SSSR count). The molecule has 5 heteroatoms. The molecule has 1 N–H and O–H groups in total. The third-order valence-electron chi connectivity index (χ3n) is 2.82. The number of benzene rings is 1. The maximum absolute atomic E-state index is 13.2. The highest BCUT2D eigenvalue weighted by molar-refractivity contribution is 6.31. The summed E-state index contributed by atoms with van der Waals surface area (Å²) >= 11 is 6.07. The van der Waals surface area contributed by atoms with Crippen LogP contribution >= 0.6 is 11.6 Å². The van der Waals surface area contributed by atoms with Crippen molar-refractivity contribution in [1.82, 2.24) is 15.1 Å². The molecule has 0 amide bonds. The van der Waals surface area contributed by atoms with E-state index in [1.807, 2.05) is 10.7 Å². The smallest absolute Gasteiger partial charge is 0.123 e. The van der Waals surface area contributed by atoms with Gasteiger partial charge in [0.05, 0.1) is 12.2 Å². The summed E-state index contributed by atoms with van der Waals surface area (Å²) in [6, 6.07) is 6.73. The van der Waals surface area contributed by atoms with Gasteiger partial charge in [-0.1, -0.05) is 25.4 Å². The van der Waals surface area contributed by atoms with Crippen molar-refractivity contribution in [2.24, 2.45) is 0 Å². The zero-order valence-corrected chi connectivity index (χ0v) is 11.8. The van der Waals surface area contributed by atoms with Crippen molar-refractivity contribution in [2.75, 3.05) is 0 Å². The fourth-order valence-electron chi connectivity index (χ4n) is 1.79. The molecule has 0 aliphatic carbocycles. The van der Waals surface area contributed by atoms with E-state index in [0.717, 1.165) is 17.8 Å². The van der Waals surface area contributed by atoms with Gasteiger partial charge in [-0.15, -0.1) is 0 Å². The summed E-state index contributed by atoms with van der Waals surface area (Å²) in [6.45, 7) is 5.37. The number of rotatable bonds is 5. The molecule has 19 heavy (non-hydrogen) atoms. The van der Waals surface area contributed by atoms with Gasteiger partial charge in [-0.05, 0) is 29.8 Å². The van der Waals surface area contributed by atoms with Crippen LogP contribution in [0.15, 0.2) is 30.5 Å². The van der Waals surface area contributed by atoms with Crippen LogP contribution in [0, 0.1) is 5.82 Å². The van der Waals surface area contributed by atoms with E-state index >= 15 is 0 Å². The van der Waals surface area contributed by atoms with Crippen molar-refractivity contribution >= 4 is 11.6 Å². The Kier molecular flexibility index (Phi) is 4.56. The van der Waals surface area contributed by atoms with Crippen LogP contribution in [-0.2, 0) is 13.1 Å². The molecule has 0 atom stereocenters. The Labute approximate surface area is 117 Å². The van der Waals surface area contributed by atoms with Gasteiger partial charge in [-0.25, -0.2) is 4.39 Å². The van der Waals surface area contributed by atoms with Gasteiger partial charge in [0, 0.05) is 23.8 Å². The zero-order chi connectivity index (χ0) is 13.8. The number of halogens is 2. The first-order valence-electron chi connectivity index (χ1n) is 6.24. The molecule has 0 radical (unpaired) electrons. The number of hydrogen-bond donors (Lipinski definition) is 1. The maximum atomic E-state index is 13.2. The number of aromatic nitrogens is 2. The summed E-state index contributed by atoms with van der Waals surface area (Å²) in [6.07, 6.45) is 1.74. The minimum atomic E-state index is -0.284. The molecular formula is C14H17ClFN3. The third-order valence-corrected chi connectivity index (χ3v) is 3.19. The molecule has 0 spiro atoms. The van der Waals surface area contributed by atoms with Gasteiger partial charge in [0.25, 0.3) is 0 Å². The van der Waals surface area contributed by atoms with Crippen molar-refractivity contribution in [2.45, 2.75) is 33.0 Å². The summed E-state index contributed by atoms with van der Waals surface area (Å²) in [5.74, 6) is -0.284. The SMILES string of the molecule is CC(C)NCc1ccnn1Cc1cc(F)ccc1Cl. The fourth-order valence-corrected chi connectivity index (χ4v) is 1.96. The quantitative estimate of drug-likeness (QED) is 0.912. The molecule has 0 aliphatic rings. The van der Waals surface area contributed by atoms with Crippen LogP contribution in [0.25, 0.3) is 0 Å². The van der Waals surface area contributed by atoms with Crippen LogP contribution in [0.2, 0.25) is 5.02 Å². The van der Waals surface area contributed by atoms with E-state index < -0.39 is 0 Å². The topological polar surface area (TPSA) is 29.9 Å². The van der Waals surface area contributed by atoms with Crippen LogP contribution in [0.5, 0.6) is 0 Å². The van der Waals surface area contributed by atoms with Crippen molar-refractivity contribution in [3.8, 4) is 0 Å². The van der Waals surface area contributed by atoms with Crippen LogP contribution in [0.4, 0.5) is 4.39 Å². The Bertz CT molecular complexity index is 551. The van der Waals surface area contributed by atoms with Crippen molar-refractivity contribution < 1.29 is 4.39 Å². The standard InChI is InChI=1S/C14H17ClFN3/c1-10(2)17-8-13-5-6-18-19(13)9-11-7-12(16)3-4-14(11)15/h3-7,10,17H,8-9H2,1-2H3. The second kappa shape index (κ2) is 6.17. The molecule has 1 heterocycles. The van der Waals surface area contributed by atoms with Crippen LogP contribution in [0.3, 0.4) is 0 Å². The third kappa shape index (κ3) is 3.78. The monoisotopic (exact) mass is 281 g/mol. The summed E-state index contributed by atoms with van der Waals surface area (Å²) in [7, 11) is 0. The largest absolute Gasteiger partial charge is 0.309 e. The molecule has 2 aromatic rings. The van der Waals surface area contributed by atoms with E-state index in [2.05, 4.69) is 24.3 Å². The highest BCUT2D eigenvalue weighted by Gasteiger charge is 2.07. The van der Waals surface area contributed by atoms with Gasteiger partial charge < -0.3 is 5.32 Å². The van der Waals surface area contributed by atoms with Crippen molar-refractivity contribution in [3.63, 3.8) is 0 Å². The van der Waals surface area contributed by atoms with Gasteiger partial charge in [0.15, 0.2) is 0 Å². The molecule has 0 unspecified atom stereocenters. The average Bonchev–Trinajstić information content (AvgIpc) is 2.79. The minimum absolute atomic E-state index is 0.284. The summed E-state index contributed by atoms with van der Waals surface area (Å²) in [5.41, 5.74) is 1.78. The van der Waals surface area contributed by atoms with Crippen LogP contribution in [-0.4, -0.2) is 15.8 Å². The van der Waals surface area contributed by atoms with Crippen molar-refractivity contribution in [1.29, 1.82) is 0 Å². The van der Waals surface area contributed by atoms with E-state index in [-0.39, 0.29) is 5.82 Å². The lowest BCUT2D eigenvalue weighted by atomic mass is 10.2. The van der Waals surface area contributed by atoms with E-state index in [4.69, 9.17) is 11.6 Å². The average molecular weight is 282 g/mol. The highest BCUT2D eigenvalue weighted by Crippen LogP contribution is 2.18.